The van der Waals surface area contributed by atoms with Gasteiger partial charge >= 0.3 is 0 Å². The fraction of sp³-hybridized carbons (Fsp3) is 0.300. The van der Waals surface area contributed by atoms with Gasteiger partial charge in [0.1, 0.15) is 5.84 Å². The maximum atomic E-state index is 7.10. The molecular formula is C10H15ClN2S. The Balaban J connectivity index is 0.00000169. The van der Waals surface area contributed by atoms with Crippen LogP contribution in [0.3, 0.4) is 0 Å². The van der Waals surface area contributed by atoms with Crippen molar-refractivity contribution in [2.45, 2.75) is 18.7 Å². The first-order valence-corrected chi connectivity index (χ1v) is 5.11. The van der Waals surface area contributed by atoms with E-state index in [1.165, 1.54) is 16.0 Å². The Labute approximate surface area is 95.2 Å². The first-order valence-electron chi connectivity index (χ1n) is 4.12. The van der Waals surface area contributed by atoms with E-state index in [2.05, 4.69) is 32.0 Å². The Bertz CT molecular complexity index is 326. The van der Waals surface area contributed by atoms with Crippen LogP contribution in [0.15, 0.2) is 23.1 Å². The molecule has 0 aliphatic carbocycles. The Morgan fingerprint density at radius 2 is 2.00 bits per heavy atom. The van der Waals surface area contributed by atoms with E-state index >= 15 is 0 Å². The molecule has 1 aromatic rings. The van der Waals surface area contributed by atoms with Crippen LogP contribution in [0.5, 0.6) is 0 Å². The van der Waals surface area contributed by atoms with Crippen LogP contribution in [0, 0.1) is 19.3 Å². The third-order valence-corrected chi connectivity index (χ3v) is 2.92. The zero-order valence-electron chi connectivity index (χ0n) is 8.33. The number of nitrogens with two attached hydrogens (primary N) is 1. The number of thioether (sulfide) groups is 1. The van der Waals surface area contributed by atoms with Crippen LogP contribution < -0.4 is 5.73 Å². The van der Waals surface area contributed by atoms with Crippen LogP contribution in [0.2, 0.25) is 0 Å². The van der Waals surface area contributed by atoms with Crippen molar-refractivity contribution in [3.8, 4) is 0 Å². The molecule has 0 saturated carbocycles. The molecule has 0 aliphatic rings. The summed E-state index contributed by atoms with van der Waals surface area (Å²) in [5.74, 6) is 0.797. The molecule has 0 fully saturated rings. The molecule has 1 aromatic carbocycles. The average molecular weight is 231 g/mol. The summed E-state index contributed by atoms with van der Waals surface area (Å²) in [7, 11) is 0. The van der Waals surface area contributed by atoms with E-state index in [-0.39, 0.29) is 18.2 Å². The van der Waals surface area contributed by atoms with Crippen LogP contribution in [0.25, 0.3) is 0 Å². The molecule has 0 aliphatic heterocycles. The standard InChI is InChI=1S/C10H14N2S.ClH/c1-7-3-4-9(5-8(7)2)13-6-10(11)12;/h3-5H,6H2,1-2H3,(H3,11,12);1H. The number of hydrogen-bond acceptors (Lipinski definition) is 2. The van der Waals surface area contributed by atoms with Gasteiger partial charge in [0, 0.05) is 4.90 Å². The second-order valence-electron chi connectivity index (χ2n) is 3.06. The minimum Gasteiger partial charge on any atom is -0.387 e. The fourth-order valence-electron chi connectivity index (χ4n) is 0.965. The van der Waals surface area contributed by atoms with E-state index in [1.807, 2.05) is 0 Å². The molecule has 3 N–H and O–H groups in total. The average Bonchev–Trinajstić information content (AvgIpc) is 2.07. The second kappa shape index (κ2) is 5.94. The van der Waals surface area contributed by atoms with Crippen LogP contribution in [0.4, 0.5) is 0 Å². The summed E-state index contributed by atoms with van der Waals surface area (Å²) >= 11 is 1.60. The van der Waals surface area contributed by atoms with Crippen LogP contribution >= 0.6 is 24.2 Å². The predicted molar refractivity (Wildman–Crippen MR) is 65.8 cm³/mol. The van der Waals surface area contributed by atoms with E-state index < -0.39 is 0 Å². The van der Waals surface area contributed by atoms with Crippen molar-refractivity contribution in [3.05, 3.63) is 29.3 Å². The lowest BCUT2D eigenvalue weighted by Gasteiger charge is -2.03. The number of nitrogens with one attached hydrogen (secondary N) is 1. The van der Waals surface area contributed by atoms with Crippen molar-refractivity contribution in [2.75, 3.05) is 5.75 Å². The molecule has 14 heavy (non-hydrogen) atoms. The number of aryl methyl sites for hydroxylation is 2. The lowest BCUT2D eigenvalue weighted by atomic mass is 10.1. The van der Waals surface area contributed by atoms with Gasteiger partial charge in [-0.05, 0) is 37.1 Å². The Morgan fingerprint density at radius 3 is 2.50 bits per heavy atom. The van der Waals surface area contributed by atoms with Gasteiger partial charge in [-0.1, -0.05) is 6.07 Å². The number of hydrogen-bond donors (Lipinski definition) is 2. The molecule has 0 saturated heterocycles. The van der Waals surface area contributed by atoms with E-state index in [0.717, 1.165) is 0 Å². The van der Waals surface area contributed by atoms with Gasteiger partial charge in [-0.2, -0.15) is 0 Å². The van der Waals surface area contributed by atoms with Gasteiger partial charge in [0.15, 0.2) is 0 Å². The third kappa shape index (κ3) is 4.03. The molecule has 1 rings (SSSR count). The molecule has 0 atom stereocenters. The van der Waals surface area contributed by atoms with Gasteiger partial charge in [0.05, 0.1) is 5.75 Å². The summed E-state index contributed by atoms with van der Waals surface area (Å²) in [6.45, 7) is 4.18. The third-order valence-electron chi connectivity index (χ3n) is 1.87. The maximum Gasteiger partial charge on any atom is 0.101 e. The van der Waals surface area contributed by atoms with Gasteiger partial charge in [0.2, 0.25) is 0 Å². The van der Waals surface area contributed by atoms with Gasteiger partial charge < -0.3 is 5.73 Å². The van der Waals surface area contributed by atoms with Crippen molar-refractivity contribution in [2.24, 2.45) is 5.73 Å². The van der Waals surface area contributed by atoms with Gasteiger partial charge in [0.25, 0.3) is 0 Å². The summed E-state index contributed by atoms with van der Waals surface area (Å²) in [5, 5.41) is 7.10. The Morgan fingerprint density at radius 1 is 1.36 bits per heavy atom. The largest absolute Gasteiger partial charge is 0.387 e. The molecule has 0 spiro atoms. The second-order valence-corrected chi connectivity index (χ2v) is 4.11. The minimum atomic E-state index is 0. The van der Waals surface area contributed by atoms with Gasteiger partial charge in [-0.3, -0.25) is 5.41 Å². The summed E-state index contributed by atoms with van der Waals surface area (Å²) < 4.78 is 0. The molecule has 78 valence electrons. The quantitative estimate of drug-likeness (QED) is 0.477. The highest BCUT2D eigenvalue weighted by Crippen LogP contribution is 2.20. The molecule has 0 amide bonds. The van der Waals surface area contributed by atoms with Crippen molar-refractivity contribution in [1.82, 2.24) is 0 Å². The van der Waals surface area contributed by atoms with Crippen LogP contribution in [0.1, 0.15) is 11.1 Å². The van der Waals surface area contributed by atoms with Crippen molar-refractivity contribution in [1.29, 1.82) is 5.41 Å². The van der Waals surface area contributed by atoms with E-state index in [4.69, 9.17) is 11.1 Å². The van der Waals surface area contributed by atoms with Crippen molar-refractivity contribution < 1.29 is 0 Å². The lowest BCUT2D eigenvalue weighted by molar-refractivity contribution is 1.28. The zero-order chi connectivity index (χ0) is 9.84. The lowest BCUT2D eigenvalue weighted by Crippen LogP contribution is -2.11. The number of halogens is 1. The zero-order valence-corrected chi connectivity index (χ0v) is 9.97. The first kappa shape index (κ1) is 13.3. The summed E-state index contributed by atoms with van der Waals surface area (Å²) in [4.78, 5) is 1.18. The van der Waals surface area contributed by atoms with Gasteiger partial charge in [-0.25, -0.2) is 0 Å². The number of rotatable bonds is 3. The number of amidine groups is 1. The molecule has 0 heterocycles. The topological polar surface area (TPSA) is 49.9 Å². The normalized spacial score (nSPS) is 9.29. The highest BCUT2D eigenvalue weighted by molar-refractivity contribution is 8.00. The van der Waals surface area contributed by atoms with Crippen LogP contribution in [-0.2, 0) is 0 Å². The molecule has 0 radical (unpaired) electrons. The highest BCUT2D eigenvalue weighted by atomic mass is 35.5. The molecule has 4 heteroatoms. The summed E-state index contributed by atoms with van der Waals surface area (Å²) in [5.41, 5.74) is 7.85. The molecule has 0 bridgehead atoms. The van der Waals surface area contributed by atoms with Crippen LogP contribution in [-0.4, -0.2) is 11.6 Å². The highest BCUT2D eigenvalue weighted by Gasteiger charge is 1.97. The predicted octanol–water partition coefficient (Wildman–Crippen LogP) is 2.75. The monoisotopic (exact) mass is 230 g/mol. The van der Waals surface area contributed by atoms with Crippen molar-refractivity contribution >= 4 is 30.0 Å². The molecule has 0 unspecified atom stereocenters. The van der Waals surface area contributed by atoms with E-state index in [9.17, 15) is 0 Å². The first-order chi connectivity index (χ1) is 6.09. The Hall–Kier alpha value is -0.670. The van der Waals surface area contributed by atoms with Crippen molar-refractivity contribution in [3.63, 3.8) is 0 Å². The summed E-state index contributed by atoms with van der Waals surface area (Å²) in [6.07, 6.45) is 0. The maximum absolute atomic E-state index is 7.10. The minimum absolute atomic E-state index is 0. The SMILES string of the molecule is Cc1ccc(SCC(=N)N)cc1C.Cl. The Kier molecular flexibility index (Phi) is 5.65. The number of benzene rings is 1. The summed E-state index contributed by atoms with van der Waals surface area (Å²) in [6, 6.07) is 6.29. The molecular weight excluding hydrogens is 216 g/mol. The van der Waals surface area contributed by atoms with E-state index in [0.29, 0.717) is 5.75 Å². The van der Waals surface area contributed by atoms with E-state index in [1.54, 1.807) is 11.8 Å². The fourth-order valence-corrected chi connectivity index (χ4v) is 1.71. The van der Waals surface area contributed by atoms with Gasteiger partial charge in [-0.15, -0.1) is 24.2 Å². The molecule has 0 aromatic heterocycles. The molecule has 2 nitrogen and oxygen atoms in total. The smallest absolute Gasteiger partial charge is 0.101 e.